The largest absolute Gasteiger partial charge is 0.495 e. The average molecular weight is 561 g/mol. The van der Waals surface area contributed by atoms with Crippen LogP contribution in [0.5, 0.6) is 5.75 Å². The highest BCUT2D eigenvalue weighted by molar-refractivity contribution is 7.77. The van der Waals surface area contributed by atoms with Gasteiger partial charge in [-0.15, -0.1) is 0 Å². The second-order valence-corrected chi connectivity index (χ2v) is 12.4. The molecule has 1 saturated carbocycles. The summed E-state index contributed by atoms with van der Waals surface area (Å²) < 4.78 is 65.8. The molecular formula is C26H28F3N6O3P. The number of H-pyrrole nitrogens is 1. The number of aromatic amines is 1. The molecule has 2 aliphatic heterocycles. The Kier molecular flexibility index (Phi) is 6.55. The van der Waals surface area contributed by atoms with Gasteiger partial charge < -0.3 is 34.6 Å². The van der Waals surface area contributed by atoms with E-state index in [1.807, 2.05) is 12.4 Å². The van der Waals surface area contributed by atoms with Crippen molar-refractivity contribution >= 4 is 40.9 Å². The summed E-state index contributed by atoms with van der Waals surface area (Å²) in [5.74, 6) is 4.05. The Morgan fingerprint density at radius 2 is 1.87 bits per heavy atom. The number of aromatic nitrogens is 3. The van der Waals surface area contributed by atoms with Gasteiger partial charge in [0.2, 0.25) is 5.95 Å². The zero-order valence-corrected chi connectivity index (χ0v) is 22.1. The summed E-state index contributed by atoms with van der Waals surface area (Å²) in [6, 6.07) is 5.54. The minimum atomic E-state index is -4.57. The van der Waals surface area contributed by atoms with Crippen molar-refractivity contribution in [2.45, 2.75) is 43.9 Å². The average Bonchev–Trinajstić information content (AvgIpc) is 3.67. The van der Waals surface area contributed by atoms with E-state index in [2.05, 4.69) is 30.5 Å². The molecule has 39 heavy (non-hydrogen) atoms. The molecule has 1 saturated heterocycles. The Bertz CT molecular complexity index is 1480. The lowest BCUT2D eigenvalue weighted by Gasteiger charge is -2.24. The third-order valence-electron chi connectivity index (χ3n) is 7.12. The highest BCUT2D eigenvalue weighted by Crippen LogP contribution is 2.51. The maximum atomic E-state index is 13.8. The first-order chi connectivity index (χ1) is 18.7. The topological polar surface area (TPSA) is 104 Å². The smallest absolute Gasteiger partial charge is 0.418 e. The van der Waals surface area contributed by atoms with Crippen LogP contribution in [-0.4, -0.2) is 52.3 Å². The number of halogens is 3. The molecule has 0 bridgehead atoms. The lowest BCUT2D eigenvalue weighted by molar-refractivity contribution is -0.136. The van der Waals surface area contributed by atoms with Crippen LogP contribution in [-0.2, 0) is 15.5 Å². The molecule has 1 aliphatic carbocycles. The number of methoxy groups -OCH3 is 1. The summed E-state index contributed by atoms with van der Waals surface area (Å²) >= 11 is 0. The fourth-order valence-corrected chi connectivity index (χ4v) is 6.59. The minimum absolute atomic E-state index is 0.0482. The van der Waals surface area contributed by atoms with Crippen molar-refractivity contribution in [1.82, 2.24) is 19.9 Å². The first kappa shape index (κ1) is 25.8. The molecule has 2 fully saturated rings. The molecular weight excluding hydrogens is 532 g/mol. The van der Waals surface area contributed by atoms with Gasteiger partial charge in [0.15, 0.2) is 7.14 Å². The molecule has 9 nitrogen and oxygen atoms in total. The van der Waals surface area contributed by atoms with Crippen molar-refractivity contribution in [3.05, 3.63) is 54.0 Å². The number of fused-ring (bicyclic) bond motifs is 1. The Hall–Kier alpha value is -3.50. The van der Waals surface area contributed by atoms with E-state index in [0.717, 1.165) is 19.0 Å². The highest BCUT2D eigenvalue weighted by atomic mass is 31.2. The Morgan fingerprint density at radius 3 is 2.54 bits per heavy atom. The summed E-state index contributed by atoms with van der Waals surface area (Å²) in [7, 11) is -1.41. The number of ether oxygens (including phenoxy) is 2. The lowest BCUT2D eigenvalue weighted by atomic mass is 10.1. The molecule has 13 heteroatoms. The normalized spacial score (nSPS) is 19.4. The summed E-state index contributed by atoms with van der Waals surface area (Å²) in [6.07, 6.45) is 3.64. The van der Waals surface area contributed by atoms with Crippen LogP contribution in [0.25, 0.3) is 11.0 Å². The van der Waals surface area contributed by atoms with Crippen LogP contribution in [0.15, 0.2) is 48.4 Å². The van der Waals surface area contributed by atoms with E-state index < -0.39 is 18.9 Å². The fourth-order valence-electron chi connectivity index (χ4n) is 4.81. The van der Waals surface area contributed by atoms with Gasteiger partial charge in [-0.2, -0.15) is 23.1 Å². The number of anilines is 3. The van der Waals surface area contributed by atoms with Gasteiger partial charge in [0.05, 0.1) is 23.7 Å². The molecule has 0 unspecified atom stereocenters. The molecule has 0 amide bonds. The molecule has 3 aliphatic rings. The molecule has 2 aromatic heterocycles. The molecule has 3 N–H and O–H groups in total. The number of rotatable bonds is 7. The van der Waals surface area contributed by atoms with Gasteiger partial charge in [0, 0.05) is 49.2 Å². The quantitative estimate of drug-likeness (QED) is 0.315. The van der Waals surface area contributed by atoms with E-state index in [9.17, 15) is 17.7 Å². The minimum Gasteiger partial charge on any atom is -0.495 e. The van der Waals surface area contributed by atoms with Gasteiger partial charge in [0.25, 0.3) is 0 Å². The fraction of sp³-hybridized carbons (Fsp3) is 0.385. The summed E-state index contributed by atoms with van der Waals surface area (Å²) in [5.41, 5.74) is -0.303. The van der Waals surface area contributed by atoms with E-state index in [0.29, 0.717) is 48.8 Å². The summed E-state index contributed by atoms with van der Waals surface area (Å²) in [6.45, 7) is 1.04. The number of benzene rings is 1. The molecule has 1 aromatic carbocycles. The lowest BCUT2D eigenvalue weighted by Crippen LogP contribution is -2.28. The van der Waals surface area contributed by atoms with Crippen molar-refractivity contribution in [3.63, 3.8) is 0 Å². The van der Waals surface area contributed by atoms with Crippen LogP contribution >= 0.6 is 7.14 Å². The van der Waals surface area contributed by atoms with E-state index >= 15 is 0 Å². The van der Waals surface area contributed by atoms with Crippen LogP contribution in [0, 0.1) is 0 Å². The van der Waals surface area contributed by atoms with Crippen molar-refractivity contribution in [1.29, 1.82) is 0 Å². The standard InChI is InChI=1S/C26H28F3N6O3P/c1-37-21-14-18(39(36)12-8-35(9-13-39)17-2-3-17)4-5-20(21)32-25-33-23-22(19(15-30-23)26(27,28)29)24(34-25)31-16-6-10-38-11-7-16/h4-5,8-9,12-17H,2-3,6-7,10-11H2,1H3,(H3,30,31,32,33,34). The Morgan fingerprint density at radius 1 is 1.13 bits per heavy atom. The van der Waals surface area contributed by atoms with Crippen LogP contribution in [0.2, 0.25) is 0 Å². The van der Waals surface area contributed by atoms with Gasteiger partial charge in [-0.25, -0.2) is 0 Å². The van der Waals surface area contributed by atoms with Crippen LogP contribution in [0.3, 0.4) is 0 Å². The monoisotopic (exact) mass is 560 g/mol. The van der Waals surface area contributed by atoms with E-state index in [1.165, 1.54) is 7.11 Å². The second kappa shape index (κ2) is 9.91. The Balaban J connectivity index is 1.31. The van der Waals surface area contributed by atoms with Crippen molar-refractivity contribution in [2.24, 2.45) is 0 Å². The van der Waals surface area contributed by atoms with Crippen molar-refractivity contribution in [3.8, 4) is 5.75 Å². The molecule has 206 valence electrons. The third kappa shape index (κ3) is 5.23. The third-order valence-corrected chi connectivity index (χ3v) is 9.36. The van der Waals surface area contributed by atoms with E-state index in [4.69, 9.17) is 9.47 Å². The van der Waals surface area contributed by atoms with E-state index in [1.54, 1.807) is 29.8 Å². The maximum absolute atomic E-state index is 13.8. The van der Waals surface area contributed by atoms with Crippen molar-refractivity contribution < 1.29 is 27.2 Å². The van der Waals surface area contributed by atoms with Gasteiger partial charge in [-0.3, -0.25) is 0 Å². The number of nitrogens with one attached hydrogen (secondary N) is 3. The maximum Gasteiger partial charge on any atom is 0.418 e. The van der Waals surface area contributed by atoms with Crippen molar-refractivity contribution in [2.75, 3.05) is 31.0 Å². The summed E-state index contributed by atoms with van der Waals surface area (Å²) in [4.78, 5) is 13.5. The molecule has 0 atom stereocenters. The predicted molar refractivity (Wildman–Crippen MR) is 143 cm³/mol. The molecule has 0 radical (unpaired) electrons. The van der Waals surface area contributed by atoms with Crippen LogP contribution in [0.1, 0.15) is 31.2 Å². The number of hydrogen-bond acceptors (Lipinski definition) is 8. The first-order valence-electron chi connectivity index (χ1n) is 12.8. The first-order valence-corrected chi connectivity index (χ1v) is 14.6. The van der Waals surface area contributed by atoms with Crippen LogP contribution in [0.4, 0.5) is 30.6 Å². The second-order valence-electron chi connectivity index (χ2n) is 9.84. The number of alkyl halides is 3. The van der Waals surface area contributed by atoms with Gasteiger partial charge in [-0.05, 0) is 55.5 Å². The SMILES string of the molecule is COc1cc(P2(=O)C=CN(C3CC3)C=C2)ccc1Nc1nc(NC2CCOCC2)c2c(C(F)(F)F)c[nH]c2n1. The predicted octanol–water partition coefficient (Wildman–Crippen LogP) is 5.73. The molecule has 3 aromatic rings. The van der Waals surface area contributed by atoms with E-state index in [-0.39, 0.29) is 28.8 Å². The zero-order valence-electron chi connectivity index (χ0n) is 21.2. The number of hydrogen-bond donors (Lipinski definition) is 3. The zero-order chi connectivity index (χ0) is 27.2. The molecule has 0 spiro atoms. The number of nitrogens with zero attached hydrogens (tertiary/aromatic N) is 3. The van der Waals surface area contributed by atoms with Crippen LogP contribution < -0.4 is 20.7 Å². The summed E-state index contributed by atoms with van der Waals surface area (Å²) in [5, 5.41) is 6.73. The van der Waals surface area contributed by atoms with Gasteiger partial charge in [0.1, 0.15) is 17.2 Å². The van der Waals surface area contributed by atoms with Gasteiger partial charge in [-0.1, -0.05) is 0 Å². The van der Waals surface area contributed by atoms with Gasteiger partial charge >= 0.3 is 6.18 Å². The highest BCUT2D eigenvalue weighted by Gasteiger charge is 2.36. The molecule has 6 rings (SSSR count). The Labute approximate surface area is 222 Å². The molecule has 4 heterocycles.